The maximum absolute atomic E-state index is 5.88. The molecule has 1 atom stereocenters. The predicted molar refractivity (Wildman–Crippen MR) is 120 cm³/mol. The number of hydrogen-bond acceptors (Lipinski definition) is 5. The van der Waals surface area contributed by atoms with E-state index in [4.69, 9.17) is 9.47 Å². The summed E-state index contributed by atoms with van der Waals surface area (Å²) < 4.78 is 11.2. The van der Waals surface area contributed by atoms with E-state index in [0.717, 1.165) is 16.7 Å². The second-order valence-electron chi connectivity index (χ2n) is 8.03. The number of nitrogens with zero attached hydrogens (tertiary/aromatic N) is 3. The highest BCUT2D eigenvalue weighted by atomic mass is 32.1. The van der Waals surface area contributed by atoms with Gasteiger partial charge in [-0.05, 0) is 38.8 Å². The Hall–Kier alpha value is -1.96. The third kappa shape index (κ3) is 7.76. The number of aromatic nitrogens is 1. The Morgan fingerprint density at radius 2 is 2.03 bits per heavy atom. The van der Waals surface area contributed by atoms with Crippen LogP contribution in [0.15, 0.2) is 34.6 Å². The summed E-state index contributed by atoms with van der Waals surface area (Å²) in [6.45, 7) is 10.2. The van der Waals surface area contributed by atoms with Crippen LogP contribution in [0.1, 0.15) is 55.6 Å². The molecule has 1 unspecified atom stereocenters. The molecule has 0 aliphatic carbocycles. The fourth-order valence-electron chi connectivity index (χ4n) is 2.70. The Labute approximate surface area is 179 Å². The van der Waals surface area contributed by atoms with Crippen molar-refractivity contribution in [1.82, 2.24) is 15.2 Å². The number of nitrogens with one attached hydrogen (secondary N) is 1. The number of methoxy groups -OCH3 is 1. The third-order valence-corrected chi connectivity index (χ3v) is 5.41. The molecule has 2 rings (SSSR count). The fourth-order valence-corrected chi connectivity index (χ4v) is 3.54. The second kappa shape index (κ2) is 10.7. The molecule has 1 aromatic carbocycles. The summed E-state index contributed by atoms with van der Waals surface area (Å²) >= 11 is 1.63. The van der Waals surface area contributed by atoms with Gasteiger partial charge in [0.1, 0.15) is 11.1 Å². The highest BCUT2D eigenvalue weighted by Gasteiger charge is 2.13. The molecule has 7 heteroatoms. The van der Waals surface area contributed by atoms with Gasteiger partial charge in [-0.25, -0.2) is 4.98 Å². The number of hydrogen-bond donors (Lipinski definition) is 1. The molecule has 29 heavy (non-hydrogen) atoms. The van der Waals surface area contributed by atoms with E-state index in [0.29, 0.717) is 19.7 Å². The summed E-state index contributed by atoms with van der Waals surface area (Å²) in [5.74, 6) is 0.829. The predicted octanol–water partition coefficient (Wildman–Crippen LogP) is 4.37. The van der Waals surface area contributed by atoms with Gasteiger partial charge in [0.15, 0.2) is 5.96 Å². The van der Waals surface area contributed by atoms with Crippen molar-refractivity contribution in [3.63, 3.8) is 0 Å². The minimum Gasteiger partial charge on any atom is -0.375 e. The van der Waals surface area contributed by atoms with Gasteiger partial charge in [0.2, 0.25) is 0 Å². The lowest BCUT2D eigenvalue weighted by molar-refractivity contribution is -0.0149. The van der Waals surface area contributed by atoms with E-state index in [1.165, 1.54) is 11.1 Å². The van der Waals surface area contributed by atoms with E-state index >= 15 is 0 Å². The molecular weight excluding hydrogens is 384 g/mol. The van der Waals surface area contributed by atoms with Crippen LogP contribution in [0.25, 0.3) is 0 Å². The minimum atomic E-state index is -0.143. The Morgan fingerprint density at radius 1 is 1.31 bits per heavy atom. The maximum Gasteiger partial charge on any atom is 0.194 e. The quantitative estimate of drug-likeness (QED) is 0.509. The Morgan fingerprint density at radius 3 is 2.69 bits per heavy atom. The lowest BCUT2D eigenvalue weighted by Gasteiger charge is -2.22. The van der Waals surface area contributed by atoms with Gasteiger partial charge in [0.05, 0.1) is 24.4 Å². The number of aliphatic imine (C=N–C) groups is 1. The molecule has 0 fully saturated rings. The van der Waals surface area contributed by atoms with Crippen molar-refractivity contribution in [2.45, 2.75) is 59.1 Å². The Balaban J connectivity index is 1.92. The van der Waals surface area contributed by atoms with Crippen molar-refractivity contribution in [3.05, 3.63) is 51.5 Å². The molecule has 1 N–H and O–H groups in total. The van der Waals surface area contributed by atoms with Gasteiger partial charge in [-0.15, -0.1) is 11.3 Å². The van der Waals surface area contributed by atoms with Gasteiger partial charge < -0.3 is 19.7 Å². The van der Waals surface area contributed by atoms with E-state index in [2.05, 4.69) is 70.6 Å². The van der Waals surface area contributed by atoms with E-state index in [1.807, 2.05) is 14.0 Å². The summed E-state index contributed by atoms with van der Waals surface area (Å²) in [5, 5.41) is 6.50. The van der Waals surface area contributed by atoms with Crippen molar-refractivity contribution in [2.75, 3.05) is 21.2 Å². The Kier molecular flexibility index (Phi) is 8.61. The molecule has 0 saturated carbocycles. The van der Waals surface area contributed by atoms with Gasteiger partial charge in [-0.2, -0.15) is 0 Å². The molecule has 2 aromatic rings. The van der Waals surface area contributed by atoms with Crippen LogP contribution >= 0.6 is 11.3 Å². The van der Waals surface area contributed by atoms with Crippen LogP contribution in [0.4, 0.5) is 0 Å². The van der Waals surface area contributed by atoms with Crippen molar-refractivity contribution in [3.8, 4) is 0 Å². The zero-order valence-electron chi connectivity index (χ0n) is 18.7. The highest BCUT2D eigenvalue weighted by molar-refractivity contribution is 7.09. The van der Waals surface area contributed by atoms with Crippen LogP contribution < -0.4 is 5.32 Å². The summed E-state index contributed by atoms with van der Waals surface area (Å²) in [7, 11) is 5.52. The first-order valence-corrected chi connectivity index (χ1v) is 10.7. The van der Waals surface area contributed by atoms with Crippen LogP contribution in [0.2, 0.25) is 0 Å². The first-order chi connectivity index (χ1) is 13.7. The summed E-state index contributed by atoms with van der Waals surface area (Å²) in [5.41, 5.74) is 3.24. The highest BCUT2D eigenvalue weighted by Crippen LogP contribution is 2.21. The summed E-state index contributed by atoms with van der Waals surface area (Å²) in [4.78, 5) is 11.1. The lowest BCUT2D eigenvalue weighted by Crippen LogP contribution is -2.38. The zero-order valence-corrected chi connectivity index (χ0v) is 19.5. The van der Waals surface area contributed by atoms with Gasteiger partial charge in [0.25, 0.3) is 0 Å². The van der Waals surface area contributed by atoms with E-state index in [1.54, 1.807) is 25.5 Å². The summed E-state index contributed by atoms with van der Waals surface area (Å²) in [6.07, 6.45) is 0.0195. The first-order valence-electron chi connectivity index (χ1n) is 9.82. The number of guanidine groups is 1. The van der Waals surface area contributed by atoms with Crippen molar-refractivity contribution in [1.29, 1.82) is 0 Å². The van der Waals surface area contributed by atoms with Gasteiger partial charge in [-0.3, -0.25) is 4.99 Å². The summed E-state index contributed by atoms with van der Waals surface area (Å²) in [6, 6.07) is 8.44. The fraction of sp³-hybridized carbons (Fsp3) is 0.545. The van der Waals surface area contributed by atoms with Gasteiger partial charge >= 0.3 is 0 Å². The van der Waals surface area contributed by atoms with Crippen molar-refractivity contribution >= 4 is 17.3 Å². The number of thiazole rings is 1. The topological polar surface area (TPSA) is 59.0 Å². The van der Waals surface area contributed by atoms with Gasteiger partial charge in [-0.1, -0.05) is 24.3 Å². The van der Waals surface area contributed by atoms with Crippen LogP contribution in [-0.2, 0) is 29.2 Å². The van der Waals surface area contributed by atoms with Crippen LogP contribution in [0.3, 0.4) is 0 Å². The maximum atomic E-state index is 5.88. The molecule has 1 heterocycles. The number of rotatable bonds is 8. The molecule has 0 aliphatic heterocycles. The molecule has 1 aromatic heterocycles. The molecule has 0 bridgehead atoms. The van der Waals surface area contributed by atoms with Gasteiger partial charge in [0, 0.05) is 33.1 Å². The van der Waals surface area contributed by atoms with Crippen molar-refractivity contribution < 1.29 is 9.47 Å². The number of benzene rings is 1. The normalized spacial score (nSPS) is 13.4. The van der Waals surface area contributed by atoms with Crippen LogP contribution in [-0.4, -0.2) is 42.6 Å². The average Bonchev–Trinajstić information content (AvgIpc) is 3.14. The number of ether oxygens (including phenoxy) is 2. The minimum absolute atomic E-state index is 0.0195. The lowest BCUT2D eigenvalue weighted by atomic mass is 10.1. The molecule has 0 saturated heterocycles. The molecule has 0 radical (unpaired) electrons. The Bertz CT molecular complexity index is 798. The monoisotopic (exact) mass is 418 g/mol. The third-order valence-electron chi connectivity index (χ3n) is 4.36. The molecule has 0 aliphatic rings. The van der Waals surface area contributed by atoms with E-state index in [9.17, 15) is 0 Å². The van der Waals surface area contributed by atoms with E-state index < -0.39 is 0 Å². The second-order valence-corrected chi connectivity index (χ2v) is 8.92. The molecule has 160 valence electrons. The average molecular weight is 419 g/mol. The largest absolute Gasteiger partial charge is 0.375 e. The first kappa shape index (κ1) is 23.3. The zero-order chi connectivity index (χ0) is 21.4. The van der Waals surface area contributed by atoms with Crippen molar-refractivity contribution in [2.24, 2.45) is 4.99 Å². The standard InChI is InChI=1S/C22H34N4O2S/c1-16(27-7)20-25-19(15-29-20)13-26(6)21(23-5)24-12-17-9-8-10-18(11-17)14-28-22(2,3)4/h8-11,15-16H,12-14H2,1-7H3,(H,23,24). The van der Waals surface area contributed by atoms with Crippen LogP contribution in [0, 0.1) is 0 Å². The molecular formula is C22H34N4O2S. The van der Waals surface area contributed by atoms with E-state index in [-0.39, 0.29) is 11.7 Å². The molecule has 6 nitrogen and oxygen atoms in total. The molecule has 0 spiro atoms. The van der Waals surface area contributed by atoms with Crippen LogP contribution in [0.5, 0.6) is 0 Å². The molecule has 0 amide bonds. The SMILES string of the molecule is CN=C(NCc1cccc(COC(C)(C)C)c1)N(C)Cc1csc(C(C)OC)n1. The smallest absolute Gasteiger partial charge is 0.194 e.